The van der Waals surface area contributed by atoms with Gasteiger partial charge >= 0.3 is 0 Å². The van der Waals surface area contributed by atoms with E-state index in [0.717, 1.165) is 42.8 Å². The lowest BCUT2D eigenvalue weighted by molar-refractivity contribution is -0.134. The average molecular weight is 314 g/mol. The fraction of sp³-hybridized carbons (Fsp3) is 0.500. The van der Waals surface area contributed by atoms with Gasteiger partial charge in [0.1, 0.15) is 5.82 Å². The van der Waals surface area contributed by atoms with Crippen molar-refractivity contribution < 1.29 is 4.79 Å². The van der Waals surface area contributed by atoms with Crippen molar-refractivity contribution in [2.75, 3.05) is 31.1 Å². The molecule has 124 valence electrons. The molecule has 2 aromatic rings. The molecule has 1 aliphatic rings. The fourth-order valence-corrected chi connectivity index (χ4v) is 2.76. The van der Waals surface area contributed by atoms with Crippen LogP contribution < -0.4 is 4.90 Å². The molecule has 0 atom stereocenters. The summed E-state index contributed by atoms with van der Waals surface area (Å²) in [6.45, 7) is 11.1. The third kappa shape index (κ3) is 3.78. The number of carbonyl (C=O) groups is 1. The molecule has 1 aliphatic heterocycles. The van der Waals surface area contributed by atoms with Crippen molar-refractivity contribution in [1.82, 2.24) is 14.9 Å². The number of hydrogen-bond acceptors (Lipinski definition) is 4. The van der Waals surface area contributed by atoms with Crippen LogP contribution in [0.5, 0.6) is 0 Å². The summed E-state index contributed by atoms with van der Waals surface area (Å²) < 4.78 is 0. The van der Waals surface area contributed by atoms with Gasteiger partial charge in [0.15, 0.2) is 0 Å². The van der Waals surface area contributed by atoms with Gasteiger partial charge in [-0.05, 0) is 12.1 Å². The first-order chi connectivity index (χ1) is 11.2. The van der Waals surface area contributed by atoms with Crippen molar-refractivity contribution in [2.45, 2.75) is 27.7 Å². The minimum Gasteiger partial charge on any atom is -0.353 e. The summed E-state index contributed by atoms with van der Waals surface area (Å²) in [6, 6.07) is 3.98. The van der Waals surface area contributed by atoms with Gasteiger partial charge in [0, 0.05) is 61.5 Å². The highest BCUT2D eigenvalue weighted by Gasteiger charge is 2.24. The van der Waals surface area contributed by atoms with Gasteiger partial charge < -0.3 is 9.80 Å². The molecule has 0 aromatic carbocycles. The van der Waals surface area contributed by atoms with E-state index in [0.29, 0.717) is 0 Å². The van der Waals surface area contributed by atoms with Crippen molar-refractivity contribution >= 4 is 22.5 Å². The lowest BCUT2D eigenvalue weighted by atomic mass is 10.1. The minimum atomic E-state index is 0.0679. The number of rotatable bonds is 2. The molecule has 0 bridgehead atoms. The van der Waals surface area contributed by atoms with E-state index in [9.17, 15) is 4.79 Å². The van der Waals surface area contributed by atoms with Gasteiger partial charge in [0.05, 0.1) is 0 Å². The van der Waals surface area contributed by atoms with Crippen LogP contribution in [0.15, 0.2) is 30.7 Å². The number of fused-ring (bicyclic) bond motifs is 1. The van der Waals surface area contributed by atoms with Crippen LogP contribution in [0, 0.1) is 5.92 Å². The third-order valence-corrected chi connectivity index (χ3v) is 3.93. The van der Waals surface area contributed by atoms with Crippen LogP contribution in [0.25, 0.3) is 10.8 Å². The predicted octanol–water partition coefficient (Wildman–Crippen LogP) is 2.96. The zero-order valence-electron chi connectivity index (χ0n) is 14.5. The second-order valence-electron chi connectivity index (χ2n) is 5.70. The largest absolute Gasteiger partial charge is 0.353 e. The van der Waals surface area contributed by atoms with Crippen molar-refractivity contribution in [2.24, 2.45) is 5.92 Å². The highest BCUT2D eigenvalue weighted by molar-refractivity contribution is 5.91. The molecule has 0 unspecified atom stereocenters. The minimum absolute atomic E-state index is 0.0679. The van der Waals surface area contributed by atoms with E-state index in [1.165, 1.54) is 0 Å². The van der Waals surface area contributed by atoms with Crippen LogP contribution in [0.2, 0.25) is 0 Å². The summed E-state index contributed by atoms with van der Waals surface area (Å²) in [5, 5.41) is 2.22. The first-order valence-corrected chi connectivity index (χ1v) is 8.39. The van der Waals surface area contributed by atoms with Crippen LogP contribution in [0.4, 0.5) is 5.82 Å². The number of nitrogens with zero attached hydrogens (tertiary/aromatic N) is 4. The Morgan fingerprint density at radius 2 is 1.78 bits per heavy atom. The molecule has 1 fully saturated rings. The van der Waals surface area contributed by atoms with E-state index in [4.69, 9.17) is 0 Å². The van der Waals surface area contributed by atoms with Crippen molar-refractivity contribution in [3.63, 3.8) is 0 Å². The van der Waals surface area contributed by atoms with Gasteiger partial charge in [-0.3, -0.25) is 9.78 Å². The Morgan fingerprint density at radius 3 is 2.43 bits per heavy atom. The molecular weight excluding hydrogens is 288 g/mol. The second-order valence-corrected chi connectivity index (χ2v) is 5.70. The SMILES string of the molecule is CC.CC(C)C(=O)N1CCN(c2nccc3cnccc23)CC1. The smallest absolute Gasteiger partial charge is 0.225 e. The average Bonchev–Trinajstić information content (AvgIpc) is 2.62. The van der Waals surface area contributed by atoms with Gasteiger partial charge in [-0.25, -0.2) is 4.98 Å². The Kier molecular flexibility index (Phi) is 5.90. The van der Waals surface area contributed by atoms with Crippen molar-refractivity contribution in [3.8, 4) is 0 Å². The number of aromatic nitrogens is 2. The normalized spacial score (nSPS) is 14.7. The van der Waals surface area contributed by atoms with Gasteiger partial charge in [-0.2, -0.15) is 0 Å². The van der Waals surface area contributed by atoms with E-state index >= 15 is 0 Å². The number of anilines is 1. The van der Waals surface area contributed by atoms with Crippen LogP contribution >= 0.6 is 0 Å². The third-order valence-electron chi connectivity index (χ3n) is 3.93. The Bertz CT molecular complexity index is 643. The van der Waals surface area contributed by atoms with Gasteiger partial charge in [-0.1, -0.05) is 27.7 Å². The Hall–Kier alpha value is -2.17. The van der Waals surface area contributed by atoms with E-state index in [1.807, 2.05) is 57.1 Å². The maximum atomic E-state index is 12.0. The van der Waals surface area contributed by atoms with Gasteiger partial charge in [-0.15, -0.1) is 0 Å². The molecule has 1 saturated heterocycles. The highest BCUT2D eigenvalue weighted by Crippen LogP contribution is 2.24. The lowest BCUT2D eigenvalue weighted by Crippen LogP contribution is -2.50. The molecule has 3 rings (SSSR count). The number of hydrogen-bond donors (Lipinski definition) is 0. The maximum absolute atomic E-state index is 12.0. The zero-order chi connectivity index (χ0) is 16.8. The molecule has 23 heavy (non-hydrogen) atoms. The molecule has 0 N–H and O–H groups in total. The first-order valence-electron chi connectivity index (χ1n) is 8.39. The van der Waals surface area contributed by atoms with Crippen LogP contribution in [0.1, 0.15) is 27.7 Å². The van der Waals surface area contributed by atoms with Gasteiger partial charge in [0.25, 0.3) is 0 Å². The number of pyridine rings is 2. The summed E-state index contributed by atoms with van der Waals surface area (Å²) >= 11 is 0. The predicted molar refractivity (Wildman–Crippen MR) is 94.5 cm³/mol. The van der Waals surface area contributed by atoms with Crippen LogP contribution in [-0.4, -0.2) is 47.0 Å². The van der Waals surface area contributed by atoms with Crippen molar-refractivity contribution in [1.29, 1.82) is 0 Å². The van der Waals surface area contributed by atoms with E-state index < -0.39 is 0 Å². The summed E-state index contributed by atoms with van der Waals surface area (Å²) in [6.07, 6.45) is 5.48. The summed E-state index contributed by atoms with van der Waals surface area (Å²) in [7, 11) is 0. The number of piperazine rings is 1. The number of amides is 1. The Balaban J connectivity index is 0.000000924. The molecule has 0 saturated carbocycles. The molecule has 5 nitrogen and oxygen atoms in total. The molecule has 3 heterocycles. The van der Waals surface area contributed by atoms with E-state index in [2.05, 4.69) is 14.9 Å². The molecule has 0 spiro atoms. The van der Waals surface area contributed by atoms with Crippen molar-refractivity contribution in [3.05, 3.63) is 30.7 Å². The summed E-state index contributed by atoms with van der Waals surface area (Å²) in [5.41, 5.74) is 0. The lowest BCUT2D eigenvalue weighted by Gasteiger charge is -2.36. The standard InChI is InChI=1S/C16H20N4O.C2H6/c1-12(2)16(21)20-9-7-19(8-10-20)15-14-4-5-17-11-13(14)3-6-18-15;1-2/h3-6,11-12H,7-10H2,1-2H3;1-2H3. The highest BCUT2D eigenvalue weighted by atomic mass is 16.2. The van der Waals surface area contributed by atoms with Crippen LogP contribution in [0.3, 0.4) is 0 Å². The molecule has 0 aliphatic carbocycles. The Labute approximate surface area is 138 Å². The topological polar surface area (TPSA) is 49.3 Å². The quantitative estimate of drug-likeness (QED) is 0.855. The summed E-state index contributed by atoms with van der Waals surface area (Å²) in [4.78, 5) is 24.9. The second kappa shape index (κ2) is 7.90. The molecule has 5 heteroatoms. The molecular formula is C18H26N4O. The maximum Gasteiger partial charge on any atom is 0.225 e. The number of carbonyl (C=O) groups excluding carboxylic acids is 1. The molecule has 0 radical (unpaired) electrons. The molecule has 1 amide bonds. The summed E-state index contributed by atoms with van der Waals surface area (Å²) in [5.74, 6) is 1.30. The zero-order valence-corrected chi connectivity index (χ0v) is 14.5. The first kappa shape index (κ1) is 17.2. The molecule has 2 aromatic heterocycles. The Morgan fingerprint density at radius 1 is 1.09 bits per heavy atom. The van der Waals surface area contributed by atoms with E-state index in [-0.39, 0.29) is 11.8 Å². The fourth-order valence-electron chi connectivity index (χ4n) is 2.76. The van der Waals surface area contributed by atoms with Crippen LogP contribution in [-0.2, 0) is 4.79 Å². The monoisotopic (exact) mass is 314 g/mol. The van der Waals surface area contributed by atoms with E-state index in [1.54, 1.807) is 6.20 Å². The van der Waals surface area contributed by atoms with Gasteiger partial charge in [0.2, 0.25) is 5.91 Å².